The van der Waals surface area contributed by atoms with Gasteiger partial charge < -0.3 is 9.47 Å². The summed E-state index contributed by atoms with van der Waals surface area (Å²) < 4.78 is 13.0. The number of nitrogens with two attached hydrogens (primary N) is 1. The fraction of sp³-hybridized carbons (Fsp3) is 0.769. The average molecular weight is 270 g/mol. The van der Waals surface area contributed by atoms with Gasteiger partial charge in [0.2, 0.25) is 0 Å². The Morgan fingerprint density at radius 3 is 2.47 bits per heavy atom. The first-order valence-electron chi connectivity index (χ1n) is 6.57. The summed E-state index contributed by atoms with van der Waals surface area (Å²) in [5.41, 5.74) is 3.32. The lowest BCUT2D eigenvalue weighted by molar-refractivity contribution is -0.0330. The zero-order valence-electron chi connectivity index (χ0n) is 12.7. The van der Waals surface area contributed by atoms with E-state index in [1.807, 2.05) is 11.6 Å². The predicted octanol–water partition coefficient (Wildman–Crippen LogP) is 1.79. The number of nitrogens with one attached hydrogen (secondary N) is 1. The second-order valence-electron chi connectivity index (χ2n) is 5.11. The molecule has 1 rings (SSSR count). The number of ether oxygens (including phenoxy) is 2. The lowest BCUT2D eigenvalue weighted by Crippen LogP contribution is -2.46. The molecule has 1 heterocycles. The summed E-state index contributed by atoms with van der Waals surface area (Å²) in [6, 6.07) is 0.00932. The maximum Gasteiger partial charge on any atom is 0.161 e. The minimum absolute atomic E-state index is 0.206. The van der Waals surface area contributed by atoms with Gasteiger partial charge in [0.25, 0.3) is 0 Å². The highest BCUT2D eigenvalue weighted by molar-refractivity contribution is 5.30. The lowest BCUT2D eigenvalue weighted by atomic mass is 9.90. The molecule has 1 aromatic heterocycles. The Hall–Kier alpha value is -1.11. The topological polar surface area (TPSA) is 74.3 Å². The van der Waals surface area contributed by atoms with E-state index in [0.29, 0.717) is 5.75 Å². The van der Waals surface area contributed by atoms with Crippen LogP contribution in [0.3, 0.4) is 0 Å². The number of hydrogen-bond donors (Lipinski definition) is 2. The molecular weight excluding hydrogens is 244 g/mol. The Bertz CT molecular complexity index is 399. The van der Waals surface area contributed by atoms with E-state index in [2.05, 4.69) is 31.3 Å². The van der Waals surface area contributed by atoms with Gasteiger partial charge in [0, 0.05) is 13.2 Å². The summed E-state index contributed by atoms with van der Waals surface area (Å²) in [5.74, 6) is 6.48. The zero-order valence-corrected chi connectivity index (χ0v) is 12.7. The molecule has 0 aliphatic heterocycles. The SMILES string of the molecule is CCC(C)(OC)C(NN)c1c(OC)cnn1C(C)C. The van der Waals surface area contributed by atoms with Crippen LogP contribution in [0.15, 0.2) is 6.20 Å². The molecule has 6 heteroatoms. The van der Waals surface area contributed by atoms with Gasteiger partial charge in [-0.05, 0) is 27.2 Å². The van der Waals surface area contributed by atoms with E-state index in [4.69, 9.17) is 15.3 Å². The average Bonchev–Trinajstić information content (AvgIpc) is 2.83. The van der Waals surface area contributed by atoms with Crippen LogP contribution in [0.5, 0.6) is 5.75 Å². The van der Waals surface area contributed by atoms with Crippen molar-refractivity contribution >= 4 is 0 Å². The maximum atomic E-state index is 5.77. The van der Waals surface area contributed by atoms with Crippen LogP contribution in [-0.4, -0.2) is 29.6 Å². The Balaban J connectivity index is 3.34. The third-order valence-corrected chi connectivity index (χ3v) is 3.73. The van der Waals surface area contributed by atoms with Crippen LogP contribution >= 0.6 is 0 Å². The minimum Gasteiger partial charge on any atom is -0.493 e. The van der Waals surface area contributed by atoms with Crippen molar-refractivity contribution in [1.29, 1.82) is 0 Å². The van der Waals surface area contributed by atoms with Crippen LogP contribution in [0.1, 0.15) is 51.9 Å². The molecule has 0 amide bonds. The van der Waals surface area contributed by atoms with E-state index in [1.54, 1.807) is 20.4 Å². The van der Waals surface area contributed by atoms with Crippen molar-refractivity contribution in [2.75, 3.05) is 14.2 Å². The minimum atomic E-state index is -0.436. The van der Waals surface area contributed by atoms with Gasteiger partial charge in [-0.1, -0.05) is 6.92 Å². The Labute approximate surface area is 115 Å². The molecule has 110 valence electrons. The van der Waals surface area contributed by atoms with Gasteiger partial charge >= 0.3 is 0 Å². The number of methoxy groups -OCH3 is 2. The van der Waals surface area contributed by atoms with Gasteiger partial charge in [-0.2, -0.15) is 5.10 Å². The molecule has 3 N–H and O–H groups in total. The number of aromatic nitrogens is 2. The summed E-state index contributed by atoms with van der Waals surface area (Å²) in [6.45, 7) is 8.23. The van der Waals surface area contributed by atoms with Gasteiger partial charge in [0.15, 0.2) is 5.75 Å². The normalized spacial score (nSPS) is 16.4. The standard InChI is InChI=1S/C13H26N4O2/c1-7-13(4,19-6)12(16-14)11-10(18-5)8-15-17(11)9(2)3/h8-9,12,16H,7,14H2,1-6H3. The van der Waals surface area contributed by atoms with E-state index >= 15 is 0 Å². The van der Waals surface area contributed by atoms with Crippen molar-refractivity contribution in [3.63, 3.8) is 0 Å². The van der Waals surface area contributed by atoms with Crippen molar-refractivity contribution in [2.24, 2.45) is 5.84 Å². The highest BCUT2D eigenvalue weighted by Crippen LogP contribution is 2.36. The van der Waals surface area contributed by atoms with Crippen LogP contribution < -0.4 is 16.0 Å². The largest absolute Gasteiger partial charge is 0.493 e. The van der Waals surface area contributed by atoms with Crippen molar-refractivity contribution in [2.45, 2.75) is 51.8 Å². The van der Waals surface area contributed by atoms with Crippen molar-refractivity contribution in [3.8, 4) is 5.75 Å². The van der Waals surface area contributed by atoms with Gasteiger partial charge in [0.1, 0.15) is 5.69 Å². The van der Waals surface area contributed by atoms with E-state index in [1.165, 1.54) is 0 Å². The molecule has 1 aromatic rings. The predicted molar refractivity (Wildman–Crippen MR) is 74.9 cm³/mol. The quantitative estimate of drug-likeness (QED) is 0.583. The van der Waals surface area contributed by atoms with Crippen molar-refractivity contribution in [3.05, 3.63) is 11.9 Å². The van der Waals surface area contributed by atoms with Crippen LogP contribution in [0.2, 0.25) is 0 Å². The molecule has 2 unspecified atom stereocenters. The monoisotopic (exact) mass is 270 g/mol. The third-order valence-electron chi connectivity index (χ3n) is 3.73. The molecule has 6 nitrogen and oxygen atoms in total. The molecule has 0 aliphatic carbocycles. The molecule has 0 aliphatic rings. The van der Waals surface area contributed by atoms with Gasteiger partial charge in [0.05, 0.1) is 24.9 Å². The summed E-state index contributed by atoms with van der Waals surface area (Å²) in [6.07, 6.45) is 2.52. The third kappa shape index (κ3) is 2.91. The number of rotatable bonds is 7. The molecule has 0 aromatic carbocycles. The van der Waals surface area contributed by atoms with Crippen LogP contribution in [0.25, 0.3) is 0 Å². The van der Waals surface area contributed by atoms with Crippen molar-refractivity contribution in [1.82, 2.24) is 15.2 Å². The Morgan fingerprint density at radius 1 is 1.47 bits per heavy atom. The zero-order chi connectivity index (χ0) is 14.6. The van der Waals surface area contributed by atoms with Crippen LogP contribution in [0, 0.1) is 0 Å². The van der Waals surface area contributed by atoms with E-state index in [-0.39, 0.29) is 12.1 Å². The second kappa shape index (κ2) is 6.36. The number of hydrogen-bond acceptors (Lipinski definition) is 5. The van der Waals surface area contributed by atoms with Gasteiger partial charge in [-0.3, -0.25) is 10.5 Å². The van der Waals surface area contributed by atoms with E-state index in [9.17, 15) is 0 Å². The second-order valence-corrected chi connectivity index (χ2v) is 5.11. The van der Waals surface area contributed by atoms with E-state index in [0.717, 1.165) is 12.1 Å². The highest BCUT2D eigenvalue weighted by atomic mass is 16.5. The molecule has 19 heavy (non-hydrogen) atoms. The van der Waals surface area contributed by atoms with Gasteiger partial charge in [-0.25, -0.2) is 5.43 Å². The molecule has 0 spiro atoms. The first kappa shape index (κ1) is 15.9. The number of nitrogens with zero attached hydrogens (tertiary/aromatic N) is 2. The first-order chi connectivity index (χ1) is 8.95. The maximum absolute atomic E-state index is 5.77. The van der Waals surface area contributed by atoms with Gasteiger partial charge in [-0.15, -0.1) is 0 Å². The van der Waals surface area contributed by atoms with Crippen LogP contribution in [0.4, 0.5) is 0 Å². The fourth-order valence-electron chi connectivity index (χ4n) is 2.21. The van der Waals surface area contributed by atoms with Crippen molar-refractivity contribution < 1.29 is 9.47 Å². The van der Waals surface area contributed by atoms with E-state index < -0.39 is 5.60 Å². The molecule has 2 atom stereocenters. The van der Waals surface area contributed by atoms with Crippen LogP contribution in [-0.2, 0) is 4.74 Å². The lowest BCUT2D eigenvalue weighted by Gasteiger charge is -2.36. The molecule has 0 fully saturated rings. The fourth-order valence-corrected chi connectivity index (χ4v) is 2.21. The molecular formula is C13H26N4O2. The Kier molecular flexibility index (Phi) is 5.34. The molecule has 0 bridgehead atoms. The molecule has 0 radical (unpaired) electrons. The summed E-state index contributed by atoms with van der Waals surface area (Å²) in [7, 11) is 3.32. The molecule has 0 saturated heterocycles. The molecule has 0 saturated carbocycles. The summed E-state index contributed by atoms with van der Waals surface area (Å²) >= 11 is 0. The Morgan fingerprint density at radius 2 is 2.11 bits per heavy atom. The summed E-state index contributed by atoms with van der Waals surface area (Å²) in [5, 5.41) is 4.38. The smallest absolute Gasteiger partial charge is 0.161 e. The number of hydrazine groups is 1. The highest BCUT2D eigenvalue weighted by Gasteiger charge is 2.38. The summed E-state index contributed by atoms with van der Waals surface area (Å²) in [4.78, 5) is 0. The first-order valence-corrected chi connectivity index (χ1v) is 6.57.